The van der Waals surface area contributed by atoms with Crippen LogP contribution >= 0.6 is 0 Å². The molecule has 0 amide bonds. The van der Waals surface area contributed by atoms with Crippen LogP contribution in [-0.2, 0) is 4.79 Å². The summed E-state index contributed by atoms with van der Waals surface area (Å²) in [5.74, 6) is 0.153. The molecule has 1 aliphatic heterocycles. The van der Waals surface area contributed by atoms with Crippen molar-refractivity contribution in [1.29, 1.82) is 0 Å². The van der Waals surface area contributed by atoms with E-state index in [-0.39, 0.29) is 0 Å². The van der Waals surface area contributed by atoms with Crippen molar-refractivity contribution in [1.82, 2.24) is 5.32 Å². The molecule has 1 heterocycles. The van der Waals surface area contributed by atoms with Crippen LogP contribution in [0.1, 0.15) is 32.1 Å². The minimum Gasteiger partial charge on any atom is -0.480 e. The Morgan fingerprint density at radius 3 is 2.93 bits per heavy atom. The zero-order valence-corrected chi connectivity index (χ0v) is 8.93. The predicted octanol–water partition coefficient (Wildman–Crippen LogP) is 0.581. The van der Waals surface area contributed by atoms with Gasteiger partial charge in [0.25, 0.3) is 0 Å². The first-order valence-electron chi connectivity index (χ1n) is 5.83. The number of hydrogen-bond acceptors (Lipinski definition) is 2. The minimum atomic E-state index is -0.880. The molecule has 1 saturated heterocycles. The molecule has 4 nitrogen and oxygen atoms in total. The van der Waals surface area contributed by atoms with E-state index in [0.29, 0.717) is 24.3 Å². The number of fused-ring (bicyclic) bond motifs is 1. The van der Waals surface area contributed by atoms with Gasteiger partial charge in [-0.3, -0.25) is 4.79 Å². The van der Waals surface area contributed by atoms with E-state index in [2.05, 4.69) is 5.32 Å². The van der Waals surface area contributed by atoms with Crippen molar-refractivity contribution in [2.24, 2.45) is 17.6 Å². The van der Waals surface area contributed by atoms with Gasteiger partial charge in [-0.05, 0) is 31.1 Å². The van der Waals surface area contributed by atoms with Crippen LogP contribution in [0.3, 0.4) is 0 Å². The molecule has 2 aliphatic rings. The minimum absolute atomic E-state index is 0.418. The van der Waals surface area contributed by atoms with E-state index in [0.717, 1.165) is 6.54 Å². The van der Waals surface area contributed by atoms with Crippen LogP contribution in [0.15, 0.2) is 0 Å². The van der Waals surface area contributed by atoms with Gasteiger partial charge in [0.15, 0.2) is 0 Å². The van der Waals surface area contributed by atoms with Crippen molar-refractivity contribution in [3.05, 3.63) is 0 Å². The fraction of sp³-hybridized carbons (Fsp3) is 0.909. The Morgan fingerprint density at radius 1 is 1.47 bits per heavy atom. The number of hydrogen-bond donors (Lipinski definition) is 2. The zero-order chi connectivity index (χ0) is 10.8. The van der Waals surface area contributed by atoms with E-state index in [1.54, 1.807) is 0 Å². The van der Waals surface area contributed by atoms with Crippen LogP contribution in [0, 0.1) is 11.8 Å². The molecule has 2 rings (SSSR count). The highest BCUT2D eigenvalue weighted by Gasteiger charge is 2.39. The second kappa shape index (κ2) is 4.49. The summed E-state index contributed by atoms with van der Waals surface area (Å²) in [6.07, 6.45) is 5.56. The third-order valence-corrected chi connectivity index (χ3v) is 3.84. The van der Waals surface area contributed by atoms with E-state index in [4.69, 9.17) is 10.8 Å². The topological polar surface area (TPSA) is 77.4 Å². The fourth-order valence-corrected chi connectivity index (χ4v) is 3.00. The lowest BCUT2D eigenvalue weighted by Gasteiger charge is -2.28. The van der Waals surface area contributed by atoms with Gasteiger partial charge in [0, 0.05) is 12.6 Å². The van der Waals surface area contributed by atoms with Crippen molar-refractivity contribution in [2.45, 2.75) is 44.2 Å². The SMILES string of the molecule is NC(CC1C[N]C2CCCCC12)C(=O)O. The van der Waals surface area contributed by atoms with Gasteiger partial charge in [-0.1, -0.05) is 12.8 Å². The van der Waals surface area contributed by atoms with Gasteiger partial charge < -0.3 is 10.8 Å². The van der Waals surface area contributed by atoms with Gasteiger partial charge in [-0.2, -0.15) is 0 Å². The fourth-order valence-electron chi connectivity index (χ4n) is 3.00. The summed E-state index contributed by atoms with van der Waals surface area (Å²) in [6.45, 7) is 0.830. The van der Waals surface area contributed by atoms with Gasteiger partial charge in [0.05, 0.1) is 0 Å². The first-order chi connectivity index (χ1) is 7.18. The predicted molar refractivity (Wildman–Crippen MR) is 56.5 cm³/mol. The zero-order valence-electron chi connectivity index (χ0n) is 8.93. The Kier molecular flexibility index (Phi) is 3.26. The summed E-state index contributed by atoms with van der Waals surface area (Å²) in [6, 6.07) is -0.198. The van der Waals surface area contributed by atoms with Gasteiger partial charge in [0.2, 0.25) is 0 Å². The molecule has 0 bridgehead atoms. The van der Waals surface area contributed by atoms with E-state index in [9.17, 15) is 4.79 Å². The molecule has 0 spiro atoms. The summed E-state index contributed by atoms with van der Waals surface area (Å²) in [7, 11) is 0. The van der Waals surface area contributed by atoms with Crippen LogP contribution in [0.2, 0.25) is 0 Å². The number of nitrogens with zero attached hydrogens (tertiary/aromatic N) is 1. The molecular formula is C11H19N2O2. The van der Waals surface area contributed by atoms with E-state index in [1.165, 1.54) is 25.7 Å². The molecule has 0 aromatic heterocycles. The van der Waals surface area contributed by atoms with Gasteiger partial charge >= 0.3 is 5.97 Å². The molecule has 2 fully saturated rings. The third-order valence-electron chi connectivity index (χ3n) is 3.84. The maximum absolute atomic E-state index is 10.7. The Balaban J connectivity index is 1.90. The summed E-state index contributed by atoms with van der Waals surface area (Å²) >= 11 is 0. The second-order valence-electron chi connectivity index (χ2n) is 4.82. The number of rotatable bonds is 3. The molecule has 0 aromatic rings. The van der Waals surface area contributed by atoms with Gasteiger partial charge in [-0.25, -0.2) is 5.32 Å². The maximum Gasteiger partial charge on any atom is 0.320 e. The van der Waals surface area contributed by atoms with Crippen LogP contribution in [-0.4, -0.2) is 29.7 Å². The molecule has 4 atom stereocenters. The van der Waals surface area contributed by atoms with Crippen LogP contribution in [0.4, 0.5) is 0 Å². The van der Waals surface area contributed by atoms with Gasteiger partial charge in [0.1, 0.15) is 6.04 Å². The third kappa shape index (κ3) is 2.32. The lowest BCUT2D eigenvalue weighted by molar-refractivity contribution is -0.139. The second-order valence-corrected chi connectivity index (χ2v) is 4.82. The largest absolute Gasteiger partial charge is 0.480 e. The Morgan fingerprint density at radius 2 is 2.20 bits per heavy atom. The first-order valence-corrected chi connectivity index (χ1v) is 5.83. The van der Waals surface area contributed by atoms with E-state index < -0.39 is 12.0 Å². The Hall–Kier alpha value is -0.610. The molecular weight excluding hydrogens is 192 g/mol. The molecule has 4 unspecified atom stereocenters. The van der Waals surface area contributed by atoms with Crippen molar-refractivity contribution >= 4 is 5.97 Å². The van der Waals surface area contributed by atoms with Gasteiger partial charge in [-0.15, -0.1) is 0 Å². The number of carboxylic acid groups (broad SMARTS) is 1. The summed E-state index contributed by atoms with van der Waals surface area (Å²) < 4.78 is 0. The molecule has 0 aromatic carbocycles. The quantitative estimate of drug-likeness (QED) is 0.717. The molecule has 1 radical (unpaired) electrons. The van der Waals surface area contributed by atoms with Crippen molar-refractivity contribution in [3.63, 3.8) is 0 Å². The maximum atomic E-state index is 10.7. The average molecular weight is 211 g/mol. The van der Waals surface area contributed by atoms with E-state index in [1.807, 2.05) is 0 Å². The average Bonchev–Trinajstić information content (AvgIpc) is 2.62. The molecule has 15 heavy (non-hydrogen) atoms. The number of nitrogens with two attached hydrogens (primary N) is 1. The van der Waals surface area contributed by atoms with Crippen LogP contribution in [0.25, 0.3) is 0 Å². The lowest BCUT2D eigenvalue weighted by Crippen LogP contribution is -2.35. The number of carbonyl (C=O) groups is 1. The van der Waals surface area contributed by atoms with Crippen molar-refractivity contribution < 1.29 is 9.90 Å². The monoisotopic (exact) mass is 211 g/mol. The molecule has 3 N–H and O–H groups in total. The summed E-state index contributed by atoms with van der Waals surface area (Å²) in [5, 5.41) is 13.4. The lowest BCUT2D eigenvalue weighted by atomic mass is 9.78. The smallest absolute Gasteiger partial charge is 0.320 e. The first kappa shape index (κ1) is 10.9. The molecule has 85 valence electrons. The normalized spacial score (nSPS) is 37.3. The highest BCUT2D eigenvalue weighted by Crippen LogP contribution is 2.37. The number of aliphatic carboxylic acids is 1. The van der Waals surface area contributed by atoms with E-state index >= 15 is 0 Å². The standard InChI is InChI=1S/C11H19N2O2/c12-9(11(14)15)5-7-6-13-10-4-2-1-3-8(7)10/h7-10H,1-6,12H2,(H,14,15). The summed E-state index contributed by atoms with van der Waals surface area (Å²) in [4.78, 5) is 10.7. The molecule has 1 aliphatic carbocycles. The van der Waals surface area contributed by atoms with Crippen molar-refractivity contribution in [3.8, 4) is 0 Å². The Bertz CT molecular complexity index is 245. The summed E-state index contributed by atoms with van der Waals surface area (Å²) in [5.41, 5.74) is 5.58. The Labute approximate surface area is 90.2 Å². The molecule has 4 heteroatoms. The van der Waals surface area contributed by atoms with Crippen molar-refractivity contribution in [2.75, 3.05) is 6.54 Å². The highest BCUT2D eigenvalue weighted by atomic mass is 16.4. The number of carboxylic acids is 1. The van der Waals surface area contributed by atoms with Crippen LogP contribution < -0.4 is 11.1 Å². The van der Waals surface area contributed by atoms with Crippen LogP contribution in [0.5, 0.6) is 0 Å². The highest BCUT2D eigenvalue weighted by molar-refractivity contribution is 5.73. The molecule has 1 saturated carbocycles.